The molecule has 128 valence electrons. The van der Waals surface area contributed by atoms with E-state index < -0.39 is 27.1 Å². The maximum absolute atomic E-state index is 13.6. The van der Waals surface area contributed by atoms with E-state index in [1.165, 1.54) is 30.3 Å². The van der Waals surface area contributed by atoms with Crippen LogP contribution in [0.2, 0.25) is 0 Å². The van der Waals surface area contributed by atoms with Gasteiger partial charge in [-0.15, -0.1) is 0 Å². The molecule has 0 bridgehead atoms. The molecular formula is C15H9Cl2F4NOS. The number of nitrogens with zero attached hydrogens (tertiary/aromatic N) is 1. The summed E-state index contributed by atoms with van der Waals surface area (Å²) in [6.07, 6.45) is -4.74. The molecule has 0 unspecified atom stereocenters. The van der Waals surface area contributed by atoms with E-state index in [-0.39, 0.29) is 17.6 Å². The van der Waals surface area contributed by atoms with Crippen LogP contribution in [0, 0.1) is 0 Å². The zero-order valence-electron chi connectivity index (χ0n) is 11.7. The summed E-state index contributed by atoms with van der Waals surface area (Å²) in [6, 6.07) is 11.7. The number of halogens is 6. The van der Waals surface area contributed by atoms with Crippen LogP contribution in [0.4, 0.5) is 23.2 Å². The number of hydrogen-bond acceptors (Lipinski definition) is 2. The lowest BCUT2D eigenvalue weighted by molar-refractivity contribution is -0.137. The number of alkyl halides is 6. The molecule has 0 saturated carbocycles. The van der Waals surface area contributed by atoms with Crippen molar-refractivity contribution >= 4 is 46.7 Å². The van der Waals surface area contributed by atoms with E-state index >= 15 is 0 Å². The number of amides is 1. The van der Waals surface area contributed by atoms with Crippen LogP contribution in [0.1, 0.15) is 15.9 Å². The number of para-hydroxylation sites is 1. The Morgan fingerprint density at radius 2 is 1.46 bits per heavy atom. The Balaban J connectivity index is 2.50. The molecule has 0 radical (unpaired) electrons. The van der Waals surface area contributed by atoms with Gasteiger partial charge < -0.3 is 0 Å². The van der Waals surface area contributed by atoms with Crippen LogP contribution in [0.5, 0.6) is 0 Å². The van der Waals surface area contributed by atoms with Crippen molar-refractivity contribution in [3.8, 4) is 0 Å². The second-order valence-electron chi connectivity index (χ2n) is 4.52. The van der Waals surface area contributed by atoms with Gasteiger partial charge in [-0.05, 0) is 24.3 Å². The molecule has 0 aromatic heterocycles. The molecule has 2 rings (SSSR count). The van der Waals surface area contributed by atoms with E-state index in [9.17, 15) is 22.4 Å². The van der Waals surface area contributed by atoms with Gasteiger partial charge >= 0.3 is 10.1 Å². The van der Waals surface area contributed by atoms with Crippen molar-refractivity contribution in [2.75, 3.05) is 4.31 Å². The Kier molecular flexibility index (Phi) is 5.67. The predicted molar refractivity (Wildman–Crippen MR) is 87.8 cm³/mol. The Hall–Kier alpha value is -1.44. The second kappa shape index (κ2) is 7.21. The summed E-state index contributed by atoms with van der Waals surface area (Å²) in [5, 5.41) is 0. The first-order chi connectivity index (χ1) is 11.1. The van der Waals surface area contributed by atoms with E-state index in [4.69, 9.17) is 23.2 Å². The quantitative estimate of drug-likeness (QED) is 0.355. The number of benzene rings is 2. The van der Waals surface area contributed by atoms with Gasteiger partial charge in [-0.1, -0.05) is 53.5 Å². The van der Waals surface area contributed by atoms with E-state index in [0.29, 0.717) is 4.31 Å². The maximum Gasteiger partial charge on any atom is 0.417 e. The Bertz CT molecular complexity index is 719. The molecule has 0 saturated heterocycles. The third-order valence-electron chi connectivity index (χ3n) is 2.83. The van der Waals surface area contributed by atoms with Crippen LogP contribution in [-0.2, 0) is 6.18 Å². The van der Waals surface area contributed by atoms with Crippen molar-refractivity contribution in [1.29, 1.82) is 0 Å². The Morgan fingerprint density at radius 1 is 0.917 bits per heavy atom. The minimum Gasteiger partial charge on any atom is -0.268 e. The Labute approximate surface area is 149 Å². The van der Waals surface area contributed by atoms with Crippen LogP contribution in [0.3, 0.4) is 0 Å². The molecule has 0 heterocycles. The molecular weight excluding hydrogens is 389 g/mol. The van der Waals surface area contributed by atoms with Crippen LogP contribution in [0.15, 0.2) is 54.6 Å². The SMILES string of the molecule is O=C(c1ccccc1C(F)(F)F)N(SC(F)(Cl)Cl)c1ccccc1. The zero-order valence-corrected chi connectivity index (χ0v) is 14.1. The number of anilines is 1. The van der Waals surface area contributed by atoms with Crippen LogP contribution >= 0.6 is 35.1 Å². The monoisotopic (exact) mass is 397 g/mol. The molecule has 2 aromatic carbocycles. The van der Waals surface area contributed by atoms with E-state index in [2.05, 4.69) is 0 Å². The van der Waals surface area contributed by atoms with E-state index in [0.717, 1.165) is 18.2 Å². The lowest BCUT2D eigenvalue weighted by Gasteiger charge is -2.25. The van der Waals surface area contributed by atoms with Gasteiger partial charge in [0.25, 0.3) is 5.91 Å². The summed E-state index contributed by atoms with van der Waals surface area (Å²) in [5.74, 6) is -1.09. The van der Waals surface area contributed by atoms with Gasteiger partial charge in [0, 0.05) is 11.9 Å². The molecule has 0 aliphatic heterocycles. The maximum atomic E-state index is 13.6. The van der Waals surface area contributed by atoms with Gasteiger partial charge in [0.2, 0.25) is 0 Å². The third kappa shape index (κ3) is 4.78. The first kappa shape index (κ1) is 18.9. The summed E-state index contributed by atoms with van der Waals surface area (Å²) < 4.78 is 50.7. The largest absolute Gasteiger partial charge is 0.417 e. The molecule has 0 fully saturated rings. The third-order valence-corrected chi connectivity index (χ3v) is 4.01. The highest BCUT2D eigenvalue weighted by molar-refractivity contribution is 8.05. The smallest absolute Gasteiger partial charge is 0.268 e. The molecule has 24 heavy (non-hydrogen) atoms. The fraction of sp³-hybridized carbons (Fsp3) is 0.133. The first-order valence-electron chi connectivity index (χ1n) is 6.41. The molecule has 0 atom stereocenters. The standard InChI is InChI=1S/C15H9Cl2F4NOS/c16-15(17,21)24-22(10-6-2-1-3-7-10)13(23)11-8-4-5-9-12(11)14(18,19)20/h1-9H. The van der Waals surface area contributed by atoms with Gasteiger partial charge in [-0.25, -0.2) is 4.31 Å². The van der Waals surface area contributed by atoms with Gasteiger partial charge in [0.1, 0.15) is 0 Å². The molecule has 0 spiro atoms. The van der Waals surface area contributed by atoms with Gasteiger partial charge in [-0.2, -0.15) is 17.6 Å². The van der Waals surface area contributed by atoms with Crippen molar-refractivity contribution in [3.63, 3.8) is 0 Å². The molecule has 2 aromatic rings. The van der Waals surface area contributed by atoms with Crippen molar-refractivity contribution in [2.24, 2.45) is 0 Å². The van der Waals surface area contributed by atoms with Crippen molar-refractivity contribution in [2.45, 2.75) is 10.1 Å². The fourth-order valence-corrected chi connectivity index (χ4v) is 2.93. The van der Waals surface area contributed by atoms with Crippen LogP contribution in [0.25, 0.3) is 0 Å². The van der Waals surface area contributed by atoms with Gasteiger partial charge in [0.15, 0.2) is 0 Å². The molecule has 2 nitrogen and oxygen atoms in total. The topological polar surface area (TPSA) is 20.3 Å². The van der Waals surface area contributed by atoms with E-state index in [1.807, 2.05) is 0 Å². The van der Waals surface area contributed by atoms with E-state index in [1.54, 1.807) is 6.07 Å². The highest BCUT2D eigenvalue weighted by Crippen LogP contribution is 2.42. The zero-order chi connectivity index (χ0) is 18.0. The highest BCUT2D eigenvalue weighted by atomic mass is 35.5. The lowest BCUT2D eigenvalue weighted by atomic mass is 10.1. The minimum absolute atomic E-state index is 0.0579. The molecule has 0 aliphatic carbocycles. The van der Waals surface area contributed by atoms with Gasteiger partial charge in [-0.3, -0.25) is 4.79 Å². The number of carbonyl (C=O) groups is 1. The van der Waals surface area contributed by atoms with Crippen molar-refractivity contribution < 1.29 is 22.4 Å². The average Bonchev–Trinajstić information content (AvgIpc) is 2.51. The summed E-state index contributed by atoms with van der Waals surface area (Å²) in [4.78, 5) is 12.6. The molecule has 0 aliphatic rings. The molecule has 1 amide bonds. The minimum atomic E-state index is -4.74. The van der Waals surface area contributed by atoms with Gasteiger partial charge in [0.05, 0.1) is 16.8 Å². The summed E-state index contributed by atoms with van der Waals surface area (Å²) in [6.45, 7) is 0. The van der Waals surface area contributed by atoms with Crippen LogP contribution in [-0.4, -0.2) is 9.83 Å². The number of rotatable bonds is 4. The van der Waals surface area contributed by atoms with Crippen molar-refractivity contribution in [1.82, 2.24) is 0 Å². The second-order valence-corrected chi connectivity index (χ2v) is 7.31. The predicted octanol–water partition coefficient (Wildman–Crippen LogP) is 6.06. The summed E-state index contributed by atoms with van der Waals surface area (Å²) >= 11 is 10.6. The lowest BCUT2D eigenvalue weighted by Crippen LogP contribution is -2.29. The normalized spacial score (nSPS) is 12.1. The fourth-order valence-electron chi connectivity index (χ4n) is 1.90. The Morgan fingerprint density at radius 3 is 2.00 bits per heavy atom. The van der Waals surface area contributed by atoms with Crippen LogP contribution < -0.4 is 4.31 Å². The summed E-state index contributed by atoms with van der Waals surface area (Å²) in [7, 11) is 0. The number of hydrogen-bond donors (Lipinski definition) is 0. The highest BCUT2D eigenvalue weighted by Gasteiger charge is 2.38. The number of carbonyl (C=O) groups excluding carboxylic acids is 1. The van der Waals surface area contributed by atoms with Crippen molar-refractivity contribution in [3.05, 3.63) is 65.7 Å². The molecule has 9 heteroatoms. The summed E-state index contributed by atoms with van der Waals surface area (Å²) in [5.41, 5.74) is -1.64. The first-order valence-corrected chi connectivity index (χ1v) is 7.94. The average molecular weight is 398 g/mol. The molecule has 0 N–H and O–H groups in total.